The van der Waals surface area contributed by atoms with Crippen LogP contribution in [0, 0.1) is 0 Å². The van der Waals surface area contributed by atoms with E-state index in [4.69, 9.17) is 9.47 Å². The number of ether oxygens (including phenoxy) is 2. The Morgan fingerprint density at radius 1 is 1.10 bits per heavy atom. The van der Waals surface area contributed by atoms with Crippen molar-refractivity contribution in [3.8, 4) is 11.5 Å². The van der Waals surface area contributed by atoms with Gasteiger partial charge in [-0.3, -0.25) is 0 Å². The van der Waals surface area contributed by atoms with Gasteiger partial charge < -0.3 is 14.6 Å². The fourth-order valence-corrected chi connectivity index (χ4v) is 1.56. The number of benzene rings is 1. The van der Waals surface area contributed by atoms with Gasteiger partial charge in [-0.25, -0.2) is 0 Å². The molecule has 0 saturated heterocycles. The molecule has 0 saturated carbocycles. The Morgan fingerprint density at radius 3 is 2.25 bits per heavy atom. The summed E-state index contributed by atoms with van der Waals surface area (Å²) in [7, 11) is 0. The summed E-state index contributed by atoms with van der Waals surface area (Å²) in [6, 6.07) is 3.97. The van der Waals surface area contributed by atoms with E-state index in [1.807, 2.05) is 13.8 Å². The van der Waals surface area contributed by atoms with Crippen LogP contribution >= 0.6 is 0 Å². The van der Waals surface area contributed by atoms with Crippen LogP contribution < -0.4 is 9.47 Å². The Morgan fingerprint density at radius 2 is 1.70 bits per heavy atom. The molecule has 0 heterocycles. The van der Waals surface area contributed by atoms with Crippen molar-refractivity contribution in [2.75, 3.05) is 13.2 Å². The molecule has 0 spiro atoms. The largest absolute Gasteiger partial charge is 0.493 e. The molecule has 1 unspecified atom stereocenters. The normalized spacial score (nSPS) is 13.1. The van der Waals surface area contributed by atoms with E-state index in [2.05, 4.69) is 0 Å². The van der Waals surface area contributed by atoms with Crippen molar-refractivity contribution in [2.24, 2.45) is 0 Å². The average Bonchev–Trinajstić information content (AvgIpc) is 2.41. The molecule has 0 aliphatic rings. The van der Waals surface area contributed by atoms with Gasteiger partial charge in [-0.05, 0) is 25.0 Å². The van der Waals surface area contributed by atoms with Gasteiger partial charge in [0.25, 0.3) is 0 Å². The first-order chi connectivity index (χ1) is 9.40. The number of halogens is 3. The predicted octanol–water partition coefficient (Wildman–Crippen LogP) is 3.86. The highest BCUT2D eigenvalue weighted by atomic mass is 19.4. The van der Waals surface area contributed by atoms with Crippen LogP contribution in [-0.4, -0.2) is 24.5 Å². The van der Waals surface area contributed by atoms with E-state index < -0.39 is 12.3 Å². The molecule has 0 amide bonds. The smallest absolute Gasteiger partial charge is 0.418 e. The molecule has 0 radical (unpaired) electrons. The molecule has 0 aliphatic carbocycles. The van der Waals surface area contributed by atoms with Gasteiger partial charge in [-0.2, -0.15) is 13.2 Å². The molecule has 1 aromatic rings. The number of rotatable bonds is 7. The number of aliphatic hydroxyl groups excluding tert-OH is 1. The van der Waals surface area contributed by atoms with E-state index in [9.17, 15) is 18.3 Å². The van der Waals surface area contributed by atoms with Crippen LogP contribution in [0.3, 0.4) is 0 Å². The summed E-state index contributed by atoms with van der Waals surface area (Å²) in [5, 5.41) is 9.36. The highest BCUT2D eigenvalue weighted by Crippen LogP contribution is 2.38. The Bertz CT molecular complexity index is 419. The second kappa shape index (κ2) is 7.38. The molecule has 1 atom stereocenters. The van der Waals surface area contributed by atoms with Crippen molar-refractivity contribution in [2.45, 2.75) is 39.0 Å². The fraction of sp³-hybridized carbons (Fsp3) is 0.571. The lowest BCUT2D eigenvalue weighted by atomic mass is 10.1. The van der Waals surface area contributed by atoms with Gasteiger partial charge in [0.15, 0.2) is 6.10 Å². The van der Waals surface area contributed by atoms with Crippen LogP contribution in [0.15, 0.2) is 18.2 Å². The summed E-state index contributed by atoms with van der Waals surface area (Å²) in [5.74, 6) is 0.432. The van der Waals surface area contributed by atoms with Crippen molar-refractivity contribution >= 4 is 0 Å². The zero-order valence-electron chi connectivity index (χ0n) is 11.5. The van der Waals surface area contributed by atoms with Gasteiger partial charge in [0.2, 0.25) is 0 Å². The van der Waals surface area contributed by atoms with Gasteiger partial charge in [-0.15, -0.1) is 0 Å². The lowest BCUT2D eigenvalue weighted by molar-refractivity contribution is -0.207. The number of hydrogen-bond donors (Lipinski definition) is 1. The molecule has 6 heteroatoms. The van der Waals surface area contributed by atoms with Crippen LogP contribution in [0.4, 0.5) is 13.2 Å². The van der Waals surface area contributed by atoms with Crippen molar-refractivity contribution in [1.29, 1.82) is 0 Å². The van der Waals surface area contributed by atoms with Crippen molar-refractivity contribution < 1.29 is 27.8 Å². The Balaban J connectivity index is 3.02. The first-order valence-corrected chi connectivity index (χ1v) is 6.54. The number of hydrogen-bond acceptors (Lipinski definition) is 3. The van der Waals surface area contributed by atoms with E-state index in [1.54, 1.807) is 0 Å². The zero-order valence-corrected chi connectivity index (χ0v) is 11.5. The highest BCUT2D eigenvalue weighted by Gasteiger charge is 2.41. The van der Waals surface area contributed by atoms with Crippen LogP contribution in [0.1, 0.15) is 38.4 Å². The molecule has 20 heavy (non-hydrogen) atoms. The van der Waals surface area contributed by atoms with Crippen molar-refractivity contribution in [1.82, 2.24) is 0 Å². The minimum absolute atomic E-state index is 0.00489. The van der Waals surface area contributed by atoms with Crippen molar-refractivity contribution in [3.63, 3.8) is 0 Å². The molecule has 114 valence electrons. The molecule has 3 nitrogen and oxygen atoms in total. The average molecular weight is 292 g/mol. The monoisotopic (exact) mass is 292 g/mol. The van der Waals surface area contributed by atoms with E-state index in [0.29, 0.717) is 18.8 Å². The minimum Gasteiger partial charge on any atom is -0.493 e. The first kappa shape index (κ1) is 16.6. The van der Waals surface area contributed by atoms with Crippen LogP contribution in [-0.2, 0) is 0 Å². The van der Waals surface area contributed by atoms with Crippen LogP contribution in [0.25, 0.3) is 0 Å². The summed E-state index contributed by atoms with van der Waals surface area (Å²) in [4.78, 5) is 0. The number of aliphatic hydroxyl groups is 1. The third kappa shape index (κ3) is 4.59. The SMILES string of the molecule is CCCOc1ccc(C(O)C(F)(F)F)c(OCCC)c1. The molecule has 1 aromatic carbocycles. The van der Waals surface area contributed by atoms with Gasteiger partial charge >= 0.3 is 6.18 Å². The van der Waals surface area contributed by atoms with Gasteiger partial charge in [0.05, 0.1) is 13.2 Å². The lowest BCUT2D eigenvalue weighted by Gasteiger charge is -2.19. The molecule has 0 fully saturated rings. The van der Waals surface area contributed by atoms with Gasteiger partial charge in [-0.1, -0.05) is 13.8 Å². The van der Waals surface area contributed by atoms with E-state index >= 15 is 0 Å². The standard InChI is InChI=1S/C14H19F3O3/c1-3-7-19-10-5-6-11(13(18)14(15,16)17)12(9-10)20-8-4-2/h5-6,9,13,18H,3-4,7-8H2,1-2H3. The highest BCUT2D eigenvalue weighted by molar-refractivity contribution is 5.42. The van der Waals surface area contributed by atoms with Gasteiger partial charge in [0.1, 0.15) is 11.5 Å². The second-order valence-corrected chi connectivity index (χ2v) is 4.34. The van der Waals surface area contributed by atoms with E-state index in [-0.39, 0.29) is 17.9 Å². The zero-order chi connectivity index (χ0) is 15.2. The van der Waals surface area contributed by atoms with Crippen LogP contribution in [0.5, 0.6) is 11.5 Å². The fourth-order valence-electron chi connectivity index (χ4n) is 1.56. The molecule has 0 aliphatic heterocycles. The summed E-state index contributed by atoms with van der Waals surface area (Å²) < 4.78 is 48.4. The maximum atomic E-state index is 12.6. The molecule has 1 N–H and O–H groups in total. The third-order valence-corrected chi connectivity index (χ3v) is 2.52. The quantitative estimate of drug-likeness (QED) is 0.829. The summed E-state index contributed by atoms with van der Waals surface area (Å²) in [6.45, 7) is 4.51. The van der Waals surface area contributed by atoms with E-state index in [1.165, 1.54) is 18.2 Å². The maximum Gasteiger partial charge on any atom is 0.418 e. The molecule has 0 aromatic heterocycles. The molecular formula is C14H19F3O3. The summed E-state index contributed by atoms with van der Waals surface area (Å²) >= 11 is 0. The van der Waals surface area contributed by atoms with E-state index in [0.717, 1.165) is 6.42 Å². The topological polar surface area (TPSA) is 38.7 Å². The number of alkyl halides is 3. The van der Waals surface area contributed by atoms with Crippen LogP contribution in [0.2, 0.25) is 0 Å². The summed E-state index contributed by atoms with van der Waals surface area (Å²) in [5.41, 5.74) is -0.296. The lowest BCUT2D eigenvalue weighted by Crippen LogP contribution is -2.21. The third-order valence-electron chi connectivity index (χ3n) is 2.52. The first-order valence-electron chi connectivity index (χ1n) is 6.54. The molecule has 1 rings (SSSR count). The minimum atomic E-state index is -4.73. The second-order valence-electron chi connectivity index (χ2n) is 4.34. The Kier molecular flexibility index (Phi) is 6.13. The molecular weight excluding hydrogens is 273 g/mol. The van der Waals surface area contributed by atoms with Gasteiger partial charge in [0, 0.05) is 11.6 Å². The predicted molar refractivity (Wildman–Crippen MR) is 69.0 cm³/mol. The maximum absolute atomic E-state index is 12.6. The summed E-state index contributed by atoms with van der Waals surface area (Å²) in [6.07, 6.45) is -5.84. The van der Waals surface area contributed by atoms with Crippen molar-refractivity contribution in [3.05, 3.63) is 23.8 Å². The Labute approximate surface area is 116 Å². The Hall–Kier alpha value is -1.43. The molecule has 0 bridgehead atoms.